The van der Waals surface area contributed by atoms with Crippen LogP contribution in [0.25, 0.3) is 0 Å². The Morgan fingerprint density at radius 2 is 1.70 bits per heavy atom. The molecular weight excluding hydrogens is 304 g/mol. The predicted octanol–water partition coefficient (Wildman–Crippen LogP) is 0.562. The average molecular weight is 318 g/mol. The topological polar surface area (TPSA) is 91.8 Å². The van der Waals surface area contributed by atoms with Crippen molar-refractivity contribution in [2.45, 2.75) is 19.9 Å². The van der Waals surface area contributed by atoms with Gasteiger partial charge in [-0.1, -0.05) is 12.1 Å². The van der Waals surface area contributed by atoms with Gasteiger partial charge in [-0.3, -0.25) is 4.79 Å². The van der Waals surface area contributed by atoms with Crippen LogP contribution in [-0.2, 0) is 20.2 Å². The smallest absolute Gasteiger partial charge is 0.268 e. The van der Waals surface area contributed by atoms with Crippen molar-refractivity contribution in [2.75, 3.05) is 9.97 Å². The van der Waals surface area contributed by atoms with Crippen molar-refractivity contribution in [1.29, 1.82) is 0 Å². The van der Waals surface area contributed by atoms with Crippen LogP contribution in [0.2, 0.25) is 0 Å². The molecule has 9 heteroatoms. The van der Waals surface area contributed by atoms with Crippen LogP contribution in [0, 0.1) is 0 Å². The Balaban J connectivity index is 2.87. The van der Waals surface area contributed by atoms with E-state index in [1.54, 1.807) is 6.07 Å². The Labute approximate surface area is 118 Å². The van der Waals surface area contributed by atoms with E-state index in [1.165, 1.54) is 32.0 Å². The number of benzene rings is 1. The summed E-state index contributed by atoms with van der Waals surface area (Å²) in [4.78, 5) is 12.3. The van der Waals surface area contributed by atoms with E-state index in [2.05, 4.69) is 0 Å². The number of hydrogen-bond acceptors (Lipinski definition) is 5. The third-order valence-electron chi connectivity index (χ3n) is 2.76. The summed E-state index contributed by atoms with van der Waals surface area (Å²) in [6.07, 6.45) is 0.787. The molecule has 1 aliphatic heterocycles. The summed E-state index contributed by atoms with van der Waals surface area (Å²) >= 11 is 0. The van der Waals surface area contributed by atoms with Gasteiger partial charge in [-0.05, 0) is 26.0 Å². The minimum atomic E-state index is -4.45. The van der Waals surface area contributed by atoms with Gasteiger partial charge in [-0.15, -0.1) is 3.71 Å². The minimum absolute atomic E-state index is 0.0430. The van der Waals surface area contributed by atoms with E-state index in [9.17, 15) is 21.6 Å². The van der Waals surface area contributed by atoms with E-state index < -0.39 is 32.2 Å². The highest BCUT2D eigenvalue weighted by Crippen LogP contribution is 2.34. The molecule has 0 aromatic heterocycles. The number of nitrogens with zero attached hydrogens (tertiary/aromatic N) is 2. The Morgan fingerprint density at radius 3 is 2.20 bits per heavy atom. The third kappa shape index (κ3) is 2.06. The lowest BCUT2D eigenvalue weighted by molar-refractivity contribution is 0.0833. The summed E-state index contributed by atoms with van der Waals surface area (Å²) in [5.41, 5.74) is -0.0987. The molecule has 20 heavy (non-hydrogen) atoms. The first-order valence-electron chi connectivity index (χ1n) is 5.76. The summed E-state index contributed by atoms with van der Waals surface area (Å²) in [6, 6.07) is 5.03. The van der Waals surface area contributed by atoms with Gasteiger partial charge in [-0.2, -0.15) is 8.42 Å². The normalized spacial score (nSPS) is 18.3. The fourth-order valence-corrected chi connectivity index (χ4v) is 5.60. The molecule has 0 aliphatic carbocycles. The predicted molar refractivity (Wildman–Crippen MR) is 74.0 cm³/mol. The molecule has 0 fully saturated rings. The molecule has 0 unspecified atom stereocenters. The standard InChI is InChI=1S/C11H14N2O5S2/c1-8(2)12-11(14)9-6-4-5-7-10(9)13(19(3,15)16)20(12,17)18/h4-8H,1-3H3. The molecule has 110 valence electrons. The number of anilines is 1. The summed E-state index contributed by atoms with van der Waals surface area (Å²) in [6.45, 7) is 3.01. The largest absolute Gasteiger partial charge is 0.342 e. The third-order valence-corrected chi connectivity index (χ3v) is 6.64. The van der Waals surface area contributed by atoms with E-state index in [0.29, 0.717) is 8.02 Å². The molecular formula is C11H14N2O5S2. The van der Waals surface area contributed by atoms with E-state index in [4.69, 9.17) is 0 Å². The molecule has 7 nitrogen and oxygen atoms in total. The van der Waals surface area contributed by atoms with E-state index in [-0.39, 0.29) is 11.3 Å². The molecule has 0 spiro atoms. The highest BCUT2D eigenvalue weighted by Gasteiger charge is 2.46. The van der Waals surface area contributed by atoms with Crippen molar-refractivity contribution in [3.63, 3.8) is 0 Å². The van der Waals surface area contributed by atoms with Gasteiger partial charge in [0.2, 0.25) is 10.0 Å². The lowest BCUT2D eigenvalue weighted by Gasteiger charge is -2.37. The number of carbonyl (C=O) groups excluding carboxylic acids is 1. The van der Waals surface area contributed by atoms with Gasteiger partial charge in [0.15, 0.2) is 0 Å². The molecule has 0 N–H and O–H groups in total. The van der Waals surface area contributed by atoms with Crippen molar-refractivity contribution >= 4 is 31.8 Å². The van der Waals surface area contributed by atoms with Gasteiger partial charge in [0, 0.05) is 6.04 Å². The van der Waals surface area contributed by atoms with Gasteiger partial charge < -0.3 is 0 Å². The quantitative estimate of drug-likeness (QED) is 0.794. The van der Waals surface area contributed by atoms with Crippen LogP contribution in [0.5, 0.6) is 0 Å². The molecule has 1 aromatic carbocycles. The first-order valence-corrected chi connectivity index (χ1v) is 9.01. The fourth-order valence-electron chi connectivity index (χ4n) is 2.09. The number of amides is 1. The summed E-state index contributed by atoms with van der Waals surface area (Å²) < 4.78 is 49.4. The summed E-state index contributed by atoms with van der Waals surface area (Å²) in [5.74, 6) is -0.726. The van der Waals surface area contributed by atoms with Crippen molar-refractivity contribution in [3.8, 4) is 0 Å². The summed E-state index contributed by atoms with van der Waals surface area (Å²) in [7, 11) is -8.54. The molecule has 1 aliphatic rings. The minimum Gasteiger partial charge on any atom is -0.268 e. The van der Waals surface area contributed by atoms with Gasteiger partial charge in [0.05, 0.1) is 17.5 Å². The van der Waals surface area contributed by atoms with Crippen molar-refractivity contribution in [3.05, 3.63) is 29.8 Å². The Hall–Kier alpha value is -1.61. The maximum absolute atomic E-state index is 12.4. The molecule has 1 aromatic rings. The monoisotopic (exact) mass is 318 g/mol. The lowest BCUT2D eigenvalue weighted by atomic mass is 10.1. The number of rotatable bonds is 2. The van der Waals surface area contributed by atoms with E-state index in [0.717, 1.165) is 6.26 Å². The van der Waals surface area contributed by atoms with Crippen LogP contribution < -0.4 is 3.71 Å². The number of sulfonamides is 1. The highest BCUT2D eigenvalue weighted by molar-refractivity contribution is 8.09. The fraction of sp³-hybridized carbons (Fsp3) is 0.364. The molecule has 2 rings (SSSR count). The second-order valence-electron chi connectivity index (χ2n) is 4.68. The van der Waals surface area contributed by atoms with E-state index >= 15 is 0 Å². The summed E-state index contributed by atoms with van der Waals surface area (Å²) in [5, 5.41) is 0. The van der Waals surface area contributed by atoms with Crippen LogP contribution in [0.1, 0.15) is 24.2 Å². The van der Waals surface area contributed by atoms with E-state index in [1.807, 2.05) is 0 Å². The van der Waals surface area contributed by atoms with Gasteiger partial charge in [0.1, 0.15) is 0 Å². The first-order chi connectivity index (χ1) is 9.08. The lowest BCUT2D eigenvalue weighted by Crippen LogP contribution is -2.55. The number of fused-ring (bicyclic) bond motifs is 1. The second kappa shape index (κ2) is 4.45. The van der Waals surface area contributed by atoms with Crippen LogP contribution in [0.4, 0.5) is 5.69 Å². The van der Waals surface area contributed by atoms with Crippen molar-refractivity contribution < 1.29 is 21.6 Å². The Kier molecular flexibility index (Phi) is 3.29. The number of hydrogen-bond donors (Lipinski definition) is 0. The number of para-hydroxylation sites is 1. The molecule has 0 radical (unpaired) electrons. The zero-order valence-corrected chi connectivity index (χ0v) is 12.8. The maximum Gasteiger partial charge on any atom is 0.342 e. The Bertz CT molecular complexity index is 768. The van der Waals surface area contributed by atoms with Gasteiger partial charge >= 0.3 is 10.2 Å². The van der Waals surface area contributed by atoms with Gasteiger partial charge in [0.25, 0.3) is 5.91 Å². The molecule has 0 atom stereocenters. The van der Waals surface area contributed by atoms with Crippen molar-refractivity contribution in [2.24, 2.45) is 0 Å². The Morgan fingerprint density at radius 1 is 1.15 bits per heavy atom. The average Bonchev–Trinajstić information content (AvgIpc) is 2.25. The highest BCUT2D eigenvalue weighted by atomic mass is 32.3. The first kappa shape index (κ1) is 14.8. The SMILES string of the molecule is CC(C)N1C(=O)c2ccccc2N(S(C)(=O)=O)S1(=O)=O. The second-order valence-corrected chi connectivity index (χ2v) is 8.40. The van der Waals surface area contributed by atoms with Crippen LogP contribution in [0.3, 0.4) is 0 Å². The molecule has 1 heterocycles. The molecule has 0 bridgehead atoms. The maximum atomic E-state index is 12.4. The zero-order valence-electron chi connectivity index (χ0n) is 11.1. The van der Waals surface area contributed by atoms with Crippen molar-refractivity contribution in [1.82, 2.24) is 4.31 Å². The van der Waals surface area contributed by atoms with Crippen LogP contribution in [0.15, 0.2) is 24.3 Å². The van der Waals surface area contributed by atoms with Gasteiger partial charge in [-0.25, -0.2) is 12.7 Å². The number of carbonyl (C=O) groups is 1. The van der Waals surface area contributed by atoms with Crippen LogP contribution in [-0.4, -0.2) is 39.3 Å². The van der Waals surface area contributed by atoms with Crippen LogP contribution >= 0.6 is 0 Å². The molecule has 1 amide bonds. The molecule has 0 saturated heterocycles. The molecule has 0 saturated carbocycles. The zero-order chi connectivity index (χ0) is 15.3.